The van der Waals surface area contributed by atoms with E-state index in [0.29, 0.717) is 36.6 Å². The second-order valence-electron chi connectivity index (χ2n) is 5.81. The Labute approximate surface area is 175 Å². The number of carbonyl (C=O) groups is 1. The normalized spacial score (nSPS) is 11.1. The first-order valence-corrected chi connectivity index (χ1v) is 11.0. The van der Waals surface area contributed by atoms with Gasteiger partial charge in [0.15, 0.2) is 10.8 Å². The van der Waals surface area contributed by atoms with Crippen LogP contribution in [0.3, 0.4) is 0 Å². The lowest BCUT2D eigenvalue weighted by Crippen LogP contribution is -2.29. The fraction of sp³-hybridized carbons (Fsp3) is 0.533. The molecule has 12 nitrogen and oxygen atoms in total. The van der Waals surface area contributed by atoms with Crippen molar-refractivity contribution >= 4 is 46.3 Å². The van der Waals surface area contributed by atoms with Gasteiger partial charge in [-0.2, -0.15) is 5.10 Å². The lowest BCUT2D eigenvalue weighted by atomic mass is 10.4. The van der Waals surface area contributed by atoms with Gasteiger partial charge in [-0.1, -0.05) is 23.5 Å². The van der Waals surface area contributed by atoms with E-state index in [-0.39, 0.29) is 11.7 Å². The molecular formula is C15H22N10O2S2. The quantitative estimate of drug-likeness (QED) is 0.238. The van der Waals surface area contributed by atoms with Gasteiger partial charge in [-0.05, 0) is 16.7 Å². The maximum Gasteiger partial charge on any atom is 0.230 e. The summed E-state index contributed by atoms with van der Waals surface area (Å²) in [4.78, 5) is 21.1. The number of amides is 1. The zero-order valence-corrected chi connectivity index (χ0v) is 18.0. The maximum absolute atomic E-state index is 12.1. The number of hydrogen-bond acceptors (Lipinski definition) is 11. The van der Waals surface area contributed by atoms with E-state index < -0.39 is 0 Å². The van der Waals surface area contributed by atoms with Gasteiger partial charge in [-0.15, -0.1) is 5.10 Å². The van der Waals surface area contributed by atoms with Gasteiger partial charge in [0.2, 0.25) is 11.1 Å². The molecule has 0 fully saturated rings. The highest BCUT2D eigenvalue weighted by Crippen LogP contribution is 2.23. The molecule has 29 heavy (non-hydrogen) atoms. The molecule has 0 aliphatic heterocycles. The van der Waals surface area contributed by atoms with Gasteiger partial charge in [-0.3, -0.25) is 4.79 Å². The predicted octanol–water partition coefficient (Wildman–Crippen LogP) is 0.0385. The number of hydrogen-bond donors (Lipinski definition) is 2. The molecular weight excluding hydrogens is 416 g/mol. The smallest absolute Gasteiger partial charge is 0.230 e. The van der Waals surface area contributed by atoms with E-state index in [4.69, 9.17) is 4.74 Å². The maximum atomic E-state index is 12.1. The first-order valence-electron chi connectivity index (χ1n) is 8.74. The van der Waals surface area contributed by atoms with E-state index in [2.05, 4.69) is 41.2 Å². The number of aryl methyl sites for hydroxylation is 1. The van der Waals surface area contributed by atoms with Gasteiger partial charge in [-0.25, -0.2) is 19.3 Å². The molecule has 0 aliphatic carbocycles. The number of nitrogens with zero attached hydrogens (tertiary/aromatic N) is 8. The highest BCUT2D eigenvalue weighted by molar-refractivity contribution is 7.99. The van der Waals surface area contributed by atoms with Gasteiger partial charge < -0.3 is 15.4 Å². The standard InChI is InChI=1S/C15H22N10O2S2/c1-24-15(21-22-23-24)29-9-11(26)16-4-6-25-13-10(8-18-25)12(17-5-7-27-2)19-14(20-13)28-3/h8H,4-7,9H2,1-3H3,(H,16,26)(H,17,19,20). The zero-order chi connectivity index (χ0) is 20.6. The van der Waals surface area contributed by atoms with Crippen LogP contribution in [0.5, 0.6) is 0 Å². The molecule has 2 N–H and O–H groups in total. The molecule has 0 radical (unpaired) electrons. The molecule has 0 saturated heterocycles. The lowest BCUT2D eigenvalue weighted by Gasteiger charge is -2.09. The van der Waals surface area contributed by atoms with E-state index in [1.54, 1.807) is 25.0 Å². The molecule has 156 valence electrons. The van der Waals surface area contributed by atoms with Crippen LogP contribution in [0.1, 0.15) is 0 Å². The summed E-state index contributed by atoms with van der Waals surface area (Å²) < 4.78 is 8.36. The van der Waals surface area contributed by atoms with Gasteiger partial charge in [0, 0.05) is 27.2 Å². The minimum absolute atomic E-state index is 0.101. The van der Waals surface area contributed by atoms with Crippen LogP contribution in [-0.4, -0.2) is 84.7 Å². The first kappa shape index (κ1) is 21.3. The van der Waals surface area contributed by atoms with Crippen LogP contribution in [0.25, 0.3) is 11.0 Å². The van der Waals surface area contributed by atoms with Crippen molar-refractivity contribution in [1.82, 2.24) is 45.3 Å². The van der Waals surface area contributed by atoms with Crippen LogP contribution >= 0.6 is 23.5 Å². The van der Waals surface area contributed by atoms with Crippen molar-refractivity contribution in [2.45, 2.75) is 16.9 Å². The molecule has 0 unspecified atom stereocenters. The number of carbonyl (C=O) groups excluding carboxylic acids is 1. The molecule has 3 heterocycles. The molecule has 0 aromatic carbocycles. The van der Waals surface area contributed by atoms with E-state index in [1.165, 1.54) is 28.2 Å². The molecule has 0 bridgehead atoms. The van der Waals surface area contributed by atoms with E-state index in [9.17, 15) is 4.79 Å². The van der Waals surface area contributed by atoms with Gasteiger partial charge >= 0.3 is 0 Å². The summed E-state index contributed by atoms with van der Waals surface area (Å²) >= 11 is 2.74. The van der Waals surface area contributed by atoms with Crippen molar-refractivity contribution < 1.29 is 9.53 Å². The van der Waals surface area contributed by atoms with Gasteiger partial charge in [0.05, 0.1) is 30.5 Å². The molecule has 0 saturated carbocycles. The van der Waals surface area contributed by atoms with Crippen molar-refractivity contribution in [3.05, 3.63) is 6.20 Å². The third kappa shape index (κ3) is 5.55. The Hall–Kier alpha value is -2.45. The minimum atomic E-state index is -0.101. The van der Waals surface area contributed by atoms with Crippen molar-refractivity contribution in [3.63, 3.8) is 0 Å². The fourth-order valence-corrected chi connectivity index (χ4v) is 3.46. The number of rotatable bonds is 11. The number of thioether (sulfide) groups is 2. The number of fused-ring (bicyclic) bond motifs is 1. The lowest BCUT2D eigenvalue weighted by molar-refractivity contribution is -0.118. The number of methoxy groups -OCH3 is 1. The van der Waals surface area contributed by atoms with Gasteiger partial charge in [0.1, 0.15) is 5.82 Å². The first-order chi connectivity index (χ1) is 14.1. The van der Waals surface area contributed by atoms with E-state index in [1.807, 2.05) is 6.26 Å². The Balaban J connectivity index is 1.59. The Morgan fingerprint density at radius 3 is 2.90 bits per heavy atom. The van der Waals surface area contributed by atoms with Crippen LogP contribution < -0.4 is 10.6 Å². The fourth-order valence-electron chi connectivity index (χ4n) is 2.42. The molecule has 1 amide bonds. The molecule has 3 rings (SSSR count). The van der Waals surface area contributed by atoms with E-state index in [0.717, 1.165) is 16.9 Å². The predicted molar refractivity (Wildman–Crippen MR) is 110 cm³/mol. The zero-order valence-electron chi connectivity index (χ0n) is 16.3. The molecule has 0 spiro atoms. The van der Waals surface area contributed by atoms with Crippen LogP contribution in [-0.2, 0) is 23.1 Å². The summed E-state index contributed by atoms with van der Waals surface area (Å²) in [5.41, 5.74) is 0.720. The van der Waals surface area contributed by atoms with Gasteiger partial charge in [0.25, 0.3) is 0 Å². The van der Waals surface area contributed by atoms with Crippen molar-refractivity contribution in [2.24, 2.45) is 7.05 Å². The van der Waals surface area contributed by atoms with Crippen LogP contribution in [0, 0.1) is 0 Å². The van der Waals surface area contributed by atoms with Crippen molar-refractivity contribution in [3.8, 4) is 0 Å². The Bertz CT molecular complexity index is 960. The number of ether oxygens (including phenoxy) is 1. The molecule has 0 atom stereocenters. The minimum Gasteiger partial charge on any atom is -0.383 e. The number of anilines is 1. The largest absolute Gasteiger partial charge is 0.383 e. The highest BCUT2D eigenvalue weighted by atomic mass is 32.2. The molecule has 3 aromatic heterocycles. The number of tetrazole rings is 1. The second-order valence-corrected chi connectivity index (χ2v) is 7.52. The van der Waals surface area contributed by atoms with Crippen molar-refractivity contribution in [1.29, 1.82) is 0 Å². The molecule has 0 aliphatic rings. The van der Waals surface area contributed by atoms with E-state index >= 15 is 0 Å². The summed E-state index contributed by atoms with van der Waals surface area (Å²) in [6.45, 7) is 2.13. The Kier molecular flexibility index (Phi) is 7.60. The summed E-state index contributed by atoms with van der Waals surface area (Å²) in [6, 6.07) is 0. The van der Waals surface area contributed by atoms with Crippen LogP contribution in [0.15, 0.2) is 16.5 Å². The highest BCUT2D eigenvalue weighted by Gasteiger charge is 2.13. The third-order valence-corrected chi connectivity index (χ3v) is 5.37. The summed E-state index contributed by atoms with van der Waals surface area (Å²) in [6.07, 6.45) is 3.65. The molecule has 3 aromatic rings. The summed E-state index contributed by atoms with van der Waals surface area (Å²) in [5.74, 6) is 0.858. The Morgan fingerprint density at radius 1 is 1.31 bits per heavy atom. The average molecular weight is 439 g/mol. The topological polar surface area (TPSA) is 138 Å². The van der Waals surface area contributed by atoms with Crippen molar-refractivity contribution in [2.75, 3.05) is 44.1 Å². The average Bonchev–Trinajstić information content (AvgIpc) is 3.32. The van der Waals surface area contributed by atoms with Crippen LogP contribution in [0.2, 0.25) is 0 Å². The van der Waals surface area contributed by atoms with Crippen LogP contribution in [0.4, 0.5) is 5.82 Å². The molecule has 14 heteroatoms. The number of aromatic nitrogens is 8. The SMILES string of the molecule is COCCNc1nc(SC)nc2c1cnn2CCNC(=O)CSc1nnnn1C. The number of nitrogens with one attached hydrogen (secondary N) is 2. The second kappa shape index (κ2) is 10.4. The summed E-state index contributed by atoms with van der Waals surface area (Å²) in [5, 5.41) is 23.7. The Morgan fingerprint density at radius 2 is 2.17 bits per heavy atom. The third-order valence-electron chi connectivity index (χ3n) is 3.82. The monoisotopic (exact) mass is 438 g/mol. The summed E-state index contributed by atoms with van der Waals surface area (Å²) in [7, 11) is 3.38.